The lowest BCUT2D eigenvalue weighted by molar-refractivity contribution is 0.0446. The summed E-state index contributed by atoms with van der Waals surface area (Å²) in [5.41, 5.74) is -0.0106. The van der Waals surface area contributed by atoms with E-state index in [9.17, 15) is 4.79 Å². The smallest absolute Gasteiger partial charge is 0.356 e. The summed E-state index contributed by atoms with van der Waals surface area (Å²) in [7, 11) is 1.79. The van der Waals surface area contributed by atoms with Crippen LogP contribution >= 0.6 is 0 Å². The molecule has 0 amide bonds. The van der Waals surface area contributed by atoms with E-state index in [-0.39, 0.29) is 11.8 Å². The highest BCUT2D eigenvalue weighted by Crippen LogP contribution is 2.56. The SMILES string of the molecule is COC1C2CC3CN(c4cnc(C(=O)O)cn4)C1C3C2. The number of hydrogen-bond donors (Lipinski definition) is 1. The molecule has 0 aromatic carbocycles. The zero-order valence-electron chi connectivity index (χ0n) is 11.3. The number of aromatic carboxylic acids is 1. The Hall–Kier alpha value is -1.69. The molecule has 2 bridgehead atoms. The van der Waals surface area contributed by atoms with Crippen molar-refractivity contribution in [2.45, 2.75) is 25.0 Å². The molecule has 1 aromatic heterocycles. The van der Waals surface area contributed by atoms with E-state index in [2.05, 4.69) is 14.9 Å². The third-order valence-corrected chi connectivity index (χ3v) is 5.24. The minimum atomic E-state index is -1.04. The Kier molecular flexibility index (Phi) is 2.51. The van der Waals surface area contributed by atoms with Gasteiger partial charge < -0.3 is 14.7 Å². The van der Waals surface area contributed by atoms with Crippen molar-refractivity contribution >= 4 is 11.8 Å². The number of rotatable bonds is 3. The van der Waals surface area contributed by atoms with Crippen LogP contribution in [0.25, 0.3) is 0 Å². The fraction of sp³-hybridized carbons (Fsp3) is 0.643. The number of aromatic nitrogens is 2. The molecular formula is C14H17N3O3. The highest BCUT2D eigenvalue weighted by atomic mass is 16.5. The molecule has 0 radical (unpaired) electrons. The first-order valence-corrected chi connectivity index (χ1v) is 7.04. The van der Waals surface area contributed by atoms with Crippen LogP contribution in [0.4, 0.5) is 5.82 Å². The summed E-state index contributed by atoms with van der Waals surface area (Å²) in [5.74, 6) is 1.85. The molecule has 4 rings (SSSR count). The van der Waals surface area contributed by atoms with Gasteiger partial charge in [0.15, 0.2) is 5.69 Å². The fourth-order valence-corrected chi connectivity index (χ4v) is 4.56. The highest BCUT2D eigenvalue weighted by molar-refractivity contribution is 5.84. The zero-order valence-corrected chi connectivity index (χ0v) is 11.3. The summed E-state index contributed by atoms with van der Waals surface area (Å²) in [6.45, 7) is 0.993. The maximum atomic E-state index is 10.8. The molecule has 0 spiro atoms. The predicted octanol–water partition coefficient (Wildman–Crippen LogP) is 1.03. The van der Waals surface area contributed by atoms with E-state index < -0.39 is 5.97 Å². The molecule has 1 N–H and O–H groups in total. The van der Waals surface area contributed by atoms with Gasteiger partial charge in [-0.1, -0.05) is 0 Å². The molecule has 5 atom stereocenters. The van der Waals surface area contributed by atoms with Crippen molar-refractivity contribution in [3.05, 3.63) is 18.1 Å². The summed E-state index contributed by atoms with van der Waals surface area (Å²) in [6, 6.07) is 0.383. The predicted molar refractivity (Wildman–Crippen MR) is 70.6 cm³/mol. The van der Waals surface area contributed by atoms with Crippen LogP contribution in [0.1, 0.15) is 23.3 Å². The first kappa shape index (κ1) is 12.1. The maximum Gasteiger partial charge on any atom is 0.356 e. The number of carbonyl (C=O) groups is 1. The number of nitrogens with zero attached hydrogens (tertiary/aromatic N) is 3. The monoisotopic (exact) mass is 275 g/mol. The molecule has 2 saturated carbocycles. The third-order valence-electron chi connectivity index (χ3n) is 5.24. The first-order chi connectivity index (χ1) is 9.69. The van der Waals surface area contributed by atoms with Crippen LogP contribution in [0.15, 0.2) is 12.4 Å². The van der Waals surface area contributed by atoms with Gasteiger partial charge in [-0.25, -0.2) is 14.8 Å². The van der Waals surface area contributed by atoms with Crippen molar-refractivity contribution in [1.82, 2.24) is 9.97 Å². The second-order valence-electron chi connectivity index (χ2n) is 6.06. The Morgan fingerprint density at radius 3 is 2.85 bits per heavy atom. The largest absolute Gasteiger partial charge is 0.476 e. The molecule has 3 fully saturated rings. The van der Waals surface area contributed by atoms with E-state index >= 15 is 0 Å². The van der Waals surface area contributed by atoms with E-state index in [0.29, 0.717) is 17.9 Å². The quantitative estimate of drug-likeness (QED) is 0.888. The van der Waals surface area contributed by atoms with E-state index in [1.54, 1.807) is 13.3 Å². The second-order valence-corrected chi connectivity index (χ2v) is 6.06. The minimum absolute atomic E-state index is 0.0106. The van der Waals surface area contributed by atoms with Crippen LogP contribution in [0, 0.1) is 17.8 Å². The number of carboxylic acids is 1. The van der Waals surface area contributed by atoms with Crippen molar-refractivity contribution in [1.29, 1.82) is 0 Å². The van der Waals surface area contributed by atoms with E-state index in [1.807, 2.05) is 0 Å². The van der Waals surface area contributed by atoms with Crippen LogP contribution in [-0.4, -0.2) is 46.8 Å². The van der Waals surface area contributed by atoms with Crippen molar-refractivity contribution in [2.24, 2.45) is 17.8 Å². The summed E-state index contributed by atoms with van der Waals surface area (Å²) >= 11 is 0. The van der Waals surface area contributed by atoms with Gasteiger partial charge >= 0.3 is 5.97 Å². The standard InChI is InChI=1S/C14H17N3O3/c1-20-13-7-2-8-6-17(12(13)9(8)3-7)11-5-15-10(4-16-11)14(18)19/h4-5,7-9,12-13H,2-3,6H2,1H3,(H,18,19). The molecule has 6 heteroatoms. The van der Waals surface area contributed by atoms with Crippen LogP contribution in [0.2, 0.25) is 0 Å². The molecule has 5 unspecified atom stereocenters. The number of methoxy groups -OCH3 is 1. The molecule has 6 nitrogen and oxygen atoms in total. The number of hydrogen-bond acceptors (Lipinski definition) is 5. The highest BCUT2D eigenvalue weighted by Gasteiger charge is 2.59. The Labute approximate surface area is 116 Å². The topological polar surface area (TPSA) is 75.5 Å². The van der Waals surface area contributed by atoms with E-state index in [1.165, 1.54) is 19.0 Å². The number of fused-ring (bicyclic) bond motifs is 1. The van der Waals surface area contributed by atoms with Gasteiger partial charge in [-0.05, 0) is 30.6 Å². The lowest BCUT2D eigenvalue weighted by atomic mass is 9.88. The van der Waals surface area contributed by atoms with Gasteiger partial charge in [0.2, 0.25) is 0 Å². The Morgan fingerprint density at radius 1 is 1.35 bits per heavy atom. The Bertz CT molecular complexity index is 545. The van der Waals surface area contributed by atoms with Crippen molar-refractivity contribution in [2.75, 3.05) is 18.6 Å². The number of anilines is 1. The molecule has 2 heterocycles. The molecule has 2 aliphatic carbocycles. The lowest BCUT2D eigenvalue weighted by Gasteiger charge is -2.31. The summed E-state index contributed by atoms with van der Waals surface area (Å²) < 4.78 is 5.70. The zero-order chi connectivity index (χ0) is 13.9. The summed E-state index contributed by atoms with van der Waals surface area (Å²) in [4.78, 5) is 21.4. The molecular weight excluding hydrogens is 258 g/mol. The van der Waals surface area contributed by atoms with E-state index in [4.69, 9.17) is 9.84 Å². The normalized spacial score (nSPS) is 37.6. The summed E-state index contributed by atoms with van der Waals surface area (Å²) in [5, 5.41) is 8.88. The van der Waals surface area contributed by atoms with Gasteiger partial charge in [0.1, 0.15) is 5.82 Å². The van der Waals surface area contributed by atoms with Crippen LogP contribution < -0.4 is 4.90 Å². The Morgan fingerprint density at radius 2 is 2.20 bits per heavy atom. The van der Waals surface area contributed by atoms with Gasteiger partial charge in [-0.15, -0.1) is 0 Å². The van der Waals surface area contributed by atoms with Crippen molar-refractivity contribution < 1.29 is 14.6 Å². The molecule has 1 saturated heterocycles. The van der Waals surface area contributed by atoms with E-state index in [0.717, 1.165) is 18.3 Å². The van der Waals surface area contributed by atoms with Crippen molar-refractivity contribution in [3.63, 3.8) is 0 Å². The molecule has 106 valence electrons. The molecule has 1 aromatic rings. The average molecular weight is 275 g/mol. The van der Waals surface area contributed by atoms with Gasteiger partial charge in [0.25, 0.3) is 0 Å². The average Bonchev–Trinajstić information content (AvgIpc) is 3.06. The Balaban J connectivity index is 1.64. The van der Waals surface area contributed by atoms with Gasteiger partial charge in [0, 0.05) is 13.7 Å². The minimum Gasteiger partial charge on any atom is -0.476 e. The molecule has 1 aliphatic heterocycles. The number of ether oxygens (including phenoxy) is 1. The first-order valence-electron chi connectivity index (χ1n) is 7.04. The molecule has 20 heavy (non-hydrogen) atoms. The fourth-order valence-electron chi connectivity index (χ4n) is 4.56. The maximum absolute atomic E-state index is 10.8. The summed E-state index contributed by atoms with van der Waals surface area (Å²) in [6.07, 6.45) is 5.70. The van der Waals surface area contributed by atoms with Crippen LogP contribution in [0.3, 0.4) is 0 Å². The van der Waals surface area contributed by atoms with Crippen LogP contribution in [0.5, 0.6) is 0 Å². The third kappa shape index (κ3) is 1.51. The number of carboxylic acid groups (broad SMARTS) is 1. The molecule has 3 aliphatic rings. The van der Waals surface area contributed by atoms with Gasteiger partial charge in [-0.2, -0.15) is 0 Å². The van der Waals surface area contributed by atoms with Crippen molar-refractivity contribution in [3.8, 4) is 0 Å². The second kappa shape index (κ2) is 4.15. The van der Waals surface area contributed by atoms with Gasteiger partial charge in [-0.3, -0.25) is 0 Å². The van der Waals surface area contributed by atoms with Gasteiger partial charge in [0.05, 0.1) is 24.5 Å². The van der Waals surface area contributed by atoms with Crippen LogP contribution in [-0.2, 0) is 4.74 Å². The lowest BCUT2D eigenvalue weighted by Crippen LogP contribution is -2.42.